The molecule has 0 saturated carbocycles. The molecule has 0 aliphatic heterocycles. The van der Waals surface area contributed by atoms with Gasteiger partial charge >= 0.3 is 0 Å². The van der Waals surface area contributed by atoms with Crippen LogP contribution in [0, 0.1) is 0 Å². The first-order chi connectivity index (χ1) is 9.17. The molecule has 0 heterocycles. The van der Waals surface area contributed by atoms with Crippen molar-refractivity contribution >= 4 is 11.5 Å². The van der Waals surface area contributed by atoms with Crippen molar-refractivity contribution in [1.29, 1.82) is 0 Å². The zero-order valence-corrected chi connectivity index (χ0v) is 12.0. The summed E-state index contributed by atoms with van der Waals surface area (Å²) in [6.07, 6.45) is 7.18. The minimum Gasteiger partial charge on any atom is -0.507 e. The zero-order chi connectivity index (χ0) is 14.1. The Morgan fingerprint density at radius 1 is 1.11 bits per heavy atom. The van der Waals surface area contributed by atoms with Gasteiger partial charge in [-0.05, 0) is 18.4 Å². The van der Waals surface area contributed by atoms with E-state index >= 15 is 0 Å². The summed E-state index contributed by atoms with van der Waals surface area (Å²) in [4.78, 5) is 11.7. The van der Waals surface area contributed by atoms with E-state index in [1.807, 2.05) is 24.3 Å². The van der Waals surface area contributed by atoms with E-state index in [1.54, 1.807) is 0 Å². The maximum absolute atomic E-state index is 11.7. The summed E-state index contributed by atoms with van der Waals surface area (Å²) in [6.45, 7) is 4.23. The molecule has 0 aliphatic carbocycles. The number of rotatable bonds is 8. The maximum atomic E-state index is 11.7. The molecule has 2 nitrogen and oxygen atoms in total. The molecule has 1 N–H and O–H groups in total. The first kappa shape index (κ1) is 15.5. The minimum atomic E-state index is 0.00757. The van der Waals surface area contributed by atoms with Crippen LogP contribution in [0.4, 0.5) is 0 Å². The van der Waals surface area contributed by atoms with Crippen molar-refractivity contribution in [2.24, 2.45) is 0 Å². The Bertz CT molecular complexity index is 415. The molecule has 0 radical (unpaired) electrons. The van der Waals surface area contributed by atoms with Crippen LogP contribution < -0.4 is 0 Å². The highest BCUT2D eigenvalue weighted by molar-refractivity contribution is 5.95. The fraction of sp³-hybridized carbons (Fsp3) is 0.471. The highest BCUT2D eigenvalue weighted by atomic mass is 16.3. The summed E-state index contributed by atoms with van der Waals surface area (Å²) < 4.78 is 0. The average Bonchev–Trinajstić information content (AvgIpc) is 2.43. The van der Waals surface area contributed by atoms with Gasteiger partial charge in [0, 0.05) is 18.1 Å². The van der Waals surface area contributed by atoms with Crippen molar-refractivity contribution in [2.75, 3.05) is 0 Å². The SMILES string of the molecule is CCCCCCC(=O)C=C(O)c1ccc(CC)cc1. The molecule has 0 atom stereocenters. The summed E-state index contributed by atoms with van der Waals surface area (Å²) in [5.74, 6) is 0.0799. The van der Waals surface area contributed by atoms with Crippen LogP contribution >= 0.6 is 0 Å². The summed E-state index contributed by atoms with van der Waals surface area (Å²) in [5, 5.41) is 9.90. The summed E-state index contributed by atoms with van der Waals surface area (Å²) in [7, 11) is 0. The lowest BCUT2D eigenvalue weighted by Gasteiger charge is -2.02. The van der Waals surface area contributed by atoms with E-state index in [-0.39, 0.29) is 11.5 Å². The standard InChI is InChI=1S/C17H24O2/c1-3-5-6-7-8-16(18)13-17(19)15-11-9-14(4-2)10-12-15/h9-13,19H,3-8H2,1-2H3. The molecular formula is C17H24O2. The number of carbonyl (C=O) groups is 1. The van der Waals surface area contributed by atoms with Gasteiger partial charge in [0.1, 0.15) is 5.76 Å². The topological polar surface area (TPSA) is 37.3 Å². The Morgan fingerprint density at radius 2 is 1.79 bits per heavy atom. The van der Waals surface area contributed by atoms with Crippen LogP contribution in [0.25, 0.3) is 5.76 Å². The monoisotopic (exact) mass is 260 g/mol. The number of aliphatic hydroxyl groups excluding tert-OH is 1. The molecule has 0 unspecified atom stereocenters. The first-order valence-electron chi connectivity index (χ1n) is 7.20. The van der Waals surface area contributed by atoms with E-state index in [4.69, 9.17) is 0 Å². The third-order valence-corrected chi connectivity index (χ3v) is 3.23. The van der Waals surface area contributed by atoms with E-state index in [1.165, 1.54) is 24.5 Å². The van der Waals surface area contributed by atoms with Gasteiger partial charge in [0.05, 0.1) is 0 Å². The normalized spacial score (nSPS) is 11.6. The number of benzene rings is 1. The van der Waals surface area contributed by atoms with E-state index in [9.17, 15) is 9.90 Å². The summed E-state index contributed by atoms with van der Waals surface area (Å²) in [6, 6.07) is 7.67. The van der Waals surface area contributed by atoms with Gasteiger partial charge in [-0.25, -0.2) is 0 Å². The predicted molar refractivity (Wildman–Crippen MR) is 80.2 cm³/mol. The Hall–Kier alpha value is -1.57. The number of aliphatic hydroxyl groups is 1. The van der Waals surface area contributed by atoms with Crippen LogP contribution in [0.1, 0.15) is 57.1 Å². The van der Waals surface area contributed by atoms with Gasteiger partial charge < -0.3 is 5.11 Å². The van der Waals surface area contributed by atoms with Crippen molar-refractivity contribution < 1.29 is 9.90 Å². The number of allylic oxidation sites excluding steroid dienone is 1. The molecule has 19 heavy (non-hydrogen) atoms. The van der Waals surface area contributed by atoms with E-state index in [2.05, 4.69) is 13.8 Å². The number of ketones is 1. The Kier molecular flexibility index (Phi) is 6.94. The third-order valence-electron chi connectivity index (χ3n) is 3.23. The molecule has 0 saturated heterocycles. The zero-order valence-electron chi connectivity index (χ0n) is 12.0. The lowest BCUT2D eigenvalue weighted by molar-refractivity contribution is -0.114. The van der Waals surface area contributed by atoms with Gasteiger partial charge in [-0.3, -0.25) is 4.79 Å². The number of hydrogen-bond acceptors (Lipinski definition) is 2. The fourth-order valence-electron chi connectivity index (χ4n) is 1.95. The van der Waals surface area contributed by atoms with Gasteiger partial charge in [-0.15, -0.1) is 0 Å². The highest BCUT2D eigenvalue weighted by Gasteiger charge is 2.03. The van der Waals surface area contributed by atoms with Crippen molar-refractivity contribution in [3.63, 3.8) is 0 Å². The molecule has 0 bridgehead atoms. The molecule has 1 aromatic carbocycles. The molecule has 0 spiro atoms. The summed E-state index contributed by atoms with van der Waals surface area (Å²) in [5.41, 5.74) is 1.93. The molecule has 1 rings (SSSR count). The van der Waals surface area contributed by atoms with Gasteiger partial charge in [0.2, 0.25) is 0 Å². The van der Waals surface area contributed by atoms with Crippen LogP contribution in [-0.4, -0.2) is 10.9 Å². The third kappa shape index (κ3) is 5.73. The van der Waals surface area contributed by atoms with Crippen molar-refractivity contribution in [1.82, 2.24) is 0 Å². The second-order valence-electron chi connectivity index (χ2n) is 4.86. The fourth-order valence-corrected chi connectivity index (χ4v) is 1.95. The van der Waals surface area contributed by atoms with E-state index < -0.39 is 0 Å². The Labute approximate surface area is 116 Å². The van der Waals surface area contributed by atoms with Crippen LogP contribution in [0.5, 0.6) is 0 Å². The van der Waals surface area contributed by atoms with Crippen molar-refractivity contribution in [3.8, 4) is 0 Å². The quantitative estimate of drug-likeness (QED) is 0.418. The lowest BCUT2D eigenvalue weighted by atomic mass is 10.1. The molecular weight excluding hydrogens is 236 g/mol. The van der Waals surface area contributed by atoms with Crippen LogP contribution in [-0.2, 0) is 11.2 Å². The highest BCUT2D eigenvalue weighted by Crippen LogP contribution is 2.14. The largest absolute Gasteiger partial charge is 0.507 e. The second-order valence-corrected chi connectivity index (χ2v) is 4.86. The number of unbranched alkanes of at least 4 members (excludes halogenated alkanes) is 3. The molecule has 0 aromatic heterocycles. The van der Waals surface area contributed by atoms with Gasteiger partial charge in [-0.1, -0.05) is 57.4 Å². The van der Waals surface area contributed by atoms with Crippen LogP contribution in [0.2, 0.25) is 0 Å². The predicted octanol–water partition coefficient (Wildman–Crippen LogP) is 4.69. The summed E-state index contributed by atoms with van der Waals surface area (Å²) >= 11 is 0. The van der Waals surface area contributed by atoms with Gasteiger partial charge in [-0.2, -0.15) is 0 Å². The van der Waals surface area contributed by atoms with E-state index in [0.717, 1.165) is 19.3 Å². The molecule has 1 aromatic rings. The molecule has 0 aliphatic rings. The molecule has 0 fully saturated rings. The lowest BCUT2D eigenvalue weighted by Crippen LogP contribution is -1.95. The van der Waals surface area contributed by atoms with E-state index in [0.29, 0.717) is 12.0 Å². The molecule has 2 heteroatoms. The van der Waals surface area contributed by atoms with Crippen LogP contribution in [0.15, 0.2) is 30.3 Å². The number of aryl methyl sites for hydroxylation is 1. The Morgan fingerprint density at radius 3 is 2.37 bits per heavy atom. The first-order valence-corrected chi connectivity index (χ1v) is 7.20. The smallest absolute Gasteiger partial charge is 0.159 e. The van der Waals surface area contributed by atoms with Crippen molar-refractivity contribution in [3.05, 3.63) is 41.5 Å². The van der Waals surface area contributed by atoms with Crippen LogP contribution in [0.3, 0.4) is 0 Å². The molecule has 104 valence electrons. The Balaban J connectivity index is 2.52. The maximum Gasteiger partial charge on any atom is 0.159 e. The van der Waals surface area contributed by atoms with Gasteiger partial charge in [0.25, 0.3) is 0 Å². The number of carbonyl (C=O) groups excluding carboxylic acids is 1. The molecule has 0 amide bonds. The van der Waals surface area contributed by atoms with Gasteiger partial charge in [0.15, 0.2) is 5.78 Å². The average molecular weight is 260 g/mol. The van der Waals surface area contributed by atoms with Crippen molar-refractivity contribution in [2.45, 2.75) is 52.4 Å². The second kappa shape index (κ2) is 8.52. The minimum absolute atomic E-state index is 0.00757. The number of hydrogen-bond donors (Lipinski definition) is 1.